The van der Waals surface area contributed by atoms with E-state index in [9.17, 15) is 4.79 Å². The van der Waals surface area contributed by atoms with Crippen molar-refractivity contribution in [1.82, 2.24) is 10.2 Å². The van der Waals surface area contributed by atoms with Crippen molar-refractivity contribution in [2.45, 2.75) is 6.42 Å². The summed E-state index contributed by atoms with van der Waals surface area (Å²) in [5.41, 5.74) is 2.70. The lowest BCUT2D eigenvalue weighted by molar-refractivity contribution is 0.102. The summed E-state index contributed by atoms with van der Waals surface area (Å²) in [6.07, 6.45) is 0.625. The molecular weight excluding hydrogens is 354 g/mol. The standard InChI is InChI=1S/C19H18ClN3O3/c1-25-15-7-8-18(26-2)16(11-15)21-19(24)17-10-14(22-23-17)9-12-3-5-13(20)6-4-12/h3-8,10-11H,9H2,1-2H3,(H,21,24)(H,22,23). The lowest BCUT2D eigenvalue weighted by Gasteiger charge is -2.10. The number of carbonyl (C=O) groups excluding carboxylic acids is 1. The Hall–Kier alpha value is -2.99. The monoisotopic (exact) mass is 371 g/mol. The summed E-state index contributed by atoms with van der Waals surface area (Å²) < 4.78 is 10.4. The Labute approximate surface area is 156 Å². The van der Waals surface area contributed by atoms with E-state index in [0.29, 0.717) is 34.3 Å². The molecule has 0 saturated heterocycles. The molecule has 6 nitrogen and oxygen atoms in total. The highest BCUT2D eigenvalue weighted by Crippen LogP contribution is 2.29. The lowest BCUT2D eigenvalue weighted by Crippen LogP contribution is -2.13. The third-order valence-electron chi connectivity index (χ3n) is 3.83. The molecule has 0 fully saturated rings. The van der Waals surface area contributed by atoms with E-state index in [1.807, 2.05) is 24.3 Å². The quantitative estimate of drug-likeness (QED) is 0.688. The van der Waals surface area contributed by atoms with Crippen molar-refractivity contribution in [3.05, 3.63) is 70.5 Å². The van der Waals surface area contributed by atoms with Crippen LogP contribution in [0, 0.1) is 0 Å². The minimum atomic E-state index is -0.338. The zero-order valence-electron chi connectivity index (χ0n) is 14.4. The van der Waals surface area contributed by atoms with Crippen molar-refractivity contribution in [2.75, 3.05) is 19.5 Å². The molecule has 3 rings (SSSR count). The summed E-state index contributed by atoms with van der Waals surface area (Å²) >= 11 is 5.89. The van der Waals surface area contributed by atoms with Crippen LogP contribution in [0.15, 0.2) is 48.5 Å². The molecule has 7 heteroatoms. The van der Waals surface area contributed by atoms with E-state index >= 15 is 0 Å². The number of nitrogens with zero attached hydrogens (tertiary/aromatic N) is 1. The Morgan fingerprint density at radius 2 is 1.88 bits per heavy atom. The van der Waals surface area contributed by atoms with Crippen LogP contribution in [0.5, 0.6) is 11.5 Å². The summed E-state index contributed by atoms with van der Waals surface area (Å²) in [7, 11) is 3.10. The first kappa shape index (κ1) is 17.8. The number of hydrogen-bond acceptors (Lipinski definition) is 4. The summed E-state index contributed by atoms with van der Waals surface area (Å²) in [6, 6.07) is 14.4. The number of H-pyrrole nitrogens is 1. The van der Waals surface area contributed by atoms with Gasteiger partial charge in [-0.05, 0) is 35.9 Å². The number of carbonyl (C=O) groups is 1. The first-order valence-corrected chi connectivity index (χ1v) is 8.29. The number of hydrogen-bond donors (Lipinski definition) is 2. The van der Waals surface area contributed by atoms with E-state index in [2.05, 4.69) is 15.5 Å². The van der Waals surface area contributed by atoms with Crippen molar-refractivity contribution in [3.63, 3.8) is 0 Å². The number of rotatable bonds is 6. The van der Waals surface area contributed by atoms with Gasteiger partial charge in [0.25, 0.3) is 5.91 Å². The number of amides is 1. The fraction of sp³-hybridized carbons (Fsp3) is 0.158. The highest BCUT2D eigenvalue weighted by Gasteiger charge is 2.14. The Morgan fingerprint density at radius 3 is 2.58 bits per heavy atom. The van der Waals surface area contributed by atoms with Gasteiger partial charge in [0.2, 0.25) is 0 Å². The van der Waals surface area contributed by atoms with Gasteiger partial charge in [-0.2, -0.15) is 5.10 Å². The Kier molecular flexibility index (Phi) is 5.43. The van der Waals surface area contributed by atoms with Gasteiger partial charge in [0.1, 0.15) is 11.5 Å². The van der Waals surface area contributed by atoms with Gasteiger partial charge in [0.15, 0.2) is 5.69 Å². The average Bonchev–Trinajstić information content (AvgIpc) is 3.12. The van der Waals surface area contributed by atoms with Gasteiger partial charge in [0.05, 0.1) is 19.9 Å². The van der Waals surface area contributed by atoms with Gasteiger partial charge < -0.3 is 14.8 Å². The Balaban J connectivity index is 1.73. The molecule has 0 spiro atoms. The molecule has 0 saturated carbocycles. The van der Waals surface area contributed by atoms with E-state index in [-0.39, 0.29) is 5.91 Å². The zero-order valence-corrected chi connectivity index (χ0v) is 15.1. The minimum absolute atomic E-state index is 0.291. The third-order valence-corrected chi connectivity index (χ3v) is 4.08. The van der Waals surface area contributed by atoms with Crippen LogP contribution in [0.4, 0.5) is 5.69 Å². The van der Waals surface area contributed by atoms with Crippen molar-refractivity contribution in [2.24, 2.45) is 0 Å². The lowest BCUT2D eigenvalue weighted by atomic mass is 10.1. The molecule has 0 aliphatic rings. The van der Waals surface area contributed by atoms with Gasteiger partial charge >= 0.3 is 0 Å². The van der Waals surface area contributed by atoms with Gasteiger partial charge in [0, 0.05) is 23.2 Å². The van der Waals surface area contributed by atoms with Crippen LogP contribution >= 0.6 is 11.6 Å². The molecule has 0 aliphatic carbocycles. The van der Waals surface area contributed by atoms with E-state index in [0.717, 1.165) is 11.3 Å². The van der Waals surface area contributed by atoms with Crippen LogP contribution in [0.25, 0.3) is 0 Å². The highest BCUT2D eigenvalue weighted by molar-refractivity contribution is 6.30. The second-order valence-electron chi connectivity index (χ2n) is 5.60. The van der Waals surface area contributed by atoms with Crippen molar-refractivity contribution in [1.29, 1.82) is 0 Å². The SMILES string of the molecule is COc1ccc(OC)c(NC(=O)c2cc(Cc3ccc(Cl)cc3)[nH]n2)c1. The number of halogens is 1. The Morgan fingerprint density at radius 1 is 1.12 bits per heavy atom. The Bertz CT molecular complexity index is 907. The second kappa shape index (κ2) is 7.93. The largest absolute Gasteiger partial charge is 0.497 e. The molecule has 0 unspecified atom stereocenters. The van der Waals surface area contributed by atoms with Crippen molar-refractivity contribution in [3.8, 4) is 11.5 Å². The number of benzene rings is 2. The van der Waals surface area contributed by atoms with Crippen molar-refractivity contribution >= 4 is 23.2 Å². The van der Waals surface area contributed by atoms with Gasteiger partial charge in [-0.15, -0.1) is 0 Å². The van der Waals surface area contributed by atoms with Gasteiger partial charge in [-0.1, -0.05) is 23.7 Å². The molecule has 1 heterocycles. The summed E-state index contributed by atoms with van der Waals surface area (Å²) in [5, 5.41) is 10.5. The minimum Gasteiger partial charge on any atom is -0.497 e. The molecule has 134 valence electrons. The molecule has 0 aliphatic heterocycles. The average molecular weight is 372 g/mol. The topological polar surface area (TPSA) is 76.2 Å². The van der Waals surface area contributed by atoms with Gasteiger partial charge in [-0.3, -0.25) is 9.89 Å². The maximum Gasteiger partial charge on any atom is 0.276 e. The molecule has 2 N–H and O–H groups in total. The molecule has 0 bridgehead atoms. The van der Waals surface area contributed by atoms with Gasteiger partial charge in [-0.25, -0.2) is 0 Å². The first-order chi connectivity index (χ1) is 12.6. The molecule has 1 aromatic heterocycles. The summed E-state index contributed by atoms with van der Waals surface area (Å²) in [5.74, 6) is 0.817. The molecule has 0 atom stereocenters. The maximum atomic E-state index is 12.5. The number of aromatic amines is 1. The fourth-order valence-corrected chi connectivity index (χ4v) is 2.61. The number of aromatic nitrogens is 2. The normalized spacial score (nSPS) is 10.4. The third kappa shape index (κ3) is 4.15. The molecule has 1 amide bonds. The van der Waals surface area contributed by atoms with Crippen LogP contribution in [0.2, 0.25) is 5.02 Å². The molecule has 0 radical (unpaired) electrons. The number of nitrogens with one attached hydrogen (secondary N) is 2. The molecular formula is C19H18ClN3O3. The molecule has 26 heavy (non-hydrogen) atoms. The summed E-state index contributed by atoms with van der Waals surface area (Å²) in [6.45, 7) is 0. The molecule has 3 aromatic rings. The second-order valence-corrected chi connectivity index (χ2v) is 6.04. The highest BCUT2D eigenvalue weighted by atomic mass is 35.5. The van der Waals surface area contributed by atoms with Crippen molar-refractivity contribution < 1.29 is 14.3 Å². The first-order valence-electron chi connectivity index (χ1n) is 7.91. The fourth-order valence-electron chi connectivity index (χ4n) is 2.49. The van der Waals surface area contributed by atoms with Crippen LogP contribution < -0.4 is 14.8 Å². The van der Waals surface area contributed by atoms with Crippen LogP contribution in [0.1, 0.15) is 21.7 Å². The number of ether oxygens (including phenoxy) is 2. The predicted octanol–water partition coefficient (Wildman–Crippen LogP) is 3.92. The van der Waals surface area contributed by atoms with Crippen LogP contribution in [-0.2, 0) is 6.42 Å². The summed E-state index contributed by atoms with van der Waals surface area (Å²) in [4.78, 5) is 12.5. The van der Waals surface area contributed by atoms with E-state index in [1.165, 1.54) is 7.11 Å². The zero-order chi connectivity index (χ0) is 18.5. The van der Waals surface area contributed by atoms with E-state index < -0.39 is 0 Å². The number of anilines is 1. The maximum absolute atomic E-state index is 12.5. The number of methoxy groups -OCH3 is 2. The smallest absolute Gasteiger partial charge is 0.276 e. The molecule has 2 aromatic carbocycles. The van der Waals surface area contributed by atoms with Crippen LogP contribution in [0.3, 0.4) is 0 Å². The van der Waals surface area contributed by atoms with Crippen LogP contribution in [-0.4, -0.2) is 30.3 Å². The van der Waals surface area contributed by atoms with E-state index in [4.69, 9.17) is 21.1 Å². The predicted molar refractivity (Wildman–Crippen MR) is 100 cm³/mol. The van der Waals surface area contributed by atoms with E-state index in [1.54, 1.807) is 31.4 Å².